The average molecular weight is 382 g/mol. The summed E-state index contributed by atoms with van der Waals surface area (Å²) in [6.45, 7) is 2.24. The van der Waals surface area contributed by atoms with Gasteiger partial charge in [0.2, 0.25) is 0 Å². The van der Waals surface area contributed by atoms with Gasteiger partial charge in [0.25, 0.3) is 0 Å². The van der Waals surface area contributed by atoms with Crippen LogP contribution < -0.4 is 0 Å². The number of fused-ring (bicyclic) bond motifs is 1. The molecule has 0 aliphatic heterocycles. The Bertz CT molecular complexity index is 591. The van der Waals surface area contributed by atoms with Crippen LogP contribution >= 0.6 is 17.0 Å². The van der Waals surface area contributed by atoms with E-state index in [-0.39, 0.29) is 0 Å². The Morgan fingerprint density at radius 1 is 1.00 bits per heavy atom. The van der Waals surface area contributed by atoms with E-state index in [2.05, 4.69) is 61.5 Å². The molecule has 3 rings (SSSR count). The first-order chi connectivity index (χ1) is 9.80. The third-order valence-electron chi connectivity index (χ3n) is 3.50. The van der Waals surface area contributed by atoms with Crippen molar-refractivity contribution in [2.75, 3.05) is 0 Å². The van der Waals surface area contributed by atoms with Gasteiger partial charge in [0.1, 0.15) is 0 Å². The van der Waals surface area contributed by atoms with Gasteiger partial charge in [0.15, 0.2) is 0 Å². The molecule has 0 spiro atoms. The Morgan fingerprint density at radius 3 is 2.35 bits per heavy atom. The summed E-state index contributed by atoms with van der Waals surface area (Å²) in [5.74, 6) is 0. The molecule has 0 amide bonds. The van der Waals surface area contributed by atoms with Crippen molar-refractivity contribution in [3.05, 3.63) is 65.2 Å². The quantitative estimate of drug-likeness (QED) is 0.590. The fourth-order valence-corrected chi connectivity index (χ4v) is 2.53. The molecule has 0 fully saturated rings. The molecule has 1 aliphatic rings. The molecule has 0 saturated carbocycles. The molecule has 102 valence electrons. The van der Waals surface area contributed by atoms with Crippen molar-refractivity contribution in [2.45, 2.75) is 19.8 Å². The van der Waals surface area contributed by atoms with Gasteiger partial charge in [0, 0.05) is 0 Å². The van der Waals surface area contributed by atoms with Crippen molar-refractivity contribution in [3.8, 4) is 11.1 Å². The Labute approximate surface area is 139 Å². The molecule has 0 atom stereocenters. The number of hydrogen-bond acceptors (Lipinski definition) is 0. The van der Waals surface area contributed by atoms with Crippen molar-refractivity contribution in [1.29, 1.82) is 0 Å². The third-order valence-corrected chi connectivity index (χ3v) is 3.50. The van der Waals surface area contributed by atoms with Gasteiger partial charge in [-0.1, -0.05) is 67.1 Å². The van der Waals surface area contributed by atoms with E-state index in [0.29, 0.717) is 0 Å². The van der Waals surface area contributed by atoms with E-state index in [1.165, 1.54) is 22.3 Å². The molecule has 0 bridgehead atoms. The summed E-state index contributed by atoms with van der Waals surface area (Å²) in [5.41, 5.74) is 7.13. The summed E-state index contributed by atoms with van der Waals surface area (Å²) in [7, 11) is 9.87. The summed E-state index contributed by atoms with van der Waals surface area (Å²) in [5, 5.41) is 0. The standard InChI is InChI=1S/C17H16.2ClH.Zr/c1-2-13-11-15-9-6-10-16(17(15)12-13)14-7-4-3-5-8-14;;;/h3-10,12H,2,11H2,1H3;2*1H;/q;;;+2/p-2. The molecular weight excluding hydrogens is 366 g/mol. The Morgan fingerprint density at radius 2 is 1.70 bits per heavy atom. The number of hydrogen-bond donors (Lipinski definition) is 0. The van der Waals surface area contributed by atoms with Crippen LogP contribution in [-0.2, 0) is 27.3 Å². The van der Waals surface area contributed by atoms with E-state index in [0.717, 1.165) is 12.8 Å². The van der Waals surface area contributed by atoms with Crippen molar-refractivity contribution < 1.29 is 20.8 Å². The molecule has 0 unspecified atom stereocenters. The predicted molar refractivity (Wildman–Crippen MR) is 85.6 cm³/mol. The molecule has 0 aromatic heterocycles. The van der Waals surface area contributed by atoms with E-state index < -0.39 is 20.8 Å². The van der Waals surface area contributed by atoms with Gasteiger partial charge in [0.05, 0.1) is 0 Å². The molecule has 2 aromatic carbocycles. The van der Waals surface area contributed by atoms with Gasteiger partial charge >= 0.3 is 37.9 Å². The van der Waals surface area contributed by atoms with Gasteiger partial charge in [-0.3, -0.25) is 0 Å². The predicted octanol–water partition coefficient (Wildman–Crippen LogP) is 6.08. The Hall–Kier alpha value is -0.357. The van der Waals surface area contributed by atoms with Crippen LogP contribution in [0.2, 0.25) is 0 Å². The SMILES string of the molecule is CCC1=Cc2c(cccc2-c2ccccc2)C1.[Cl][Zr][Cl]. The molecule has 2 aromatic rings. The number of benzene rings is 2. The van der Waals surface area contributed by atoms with Gasteiger partial charge in [-0.05, 0) is 35.1 Å². The topological polar surface area (TPSA) is 0 Å². The summed E-state index contributed by atoms with van der Waals surface area (Å²) < 4.78 is 0. The van der Waals surface area contributed by atoms with E-state index in [4.69, 9.17) is 17.0 Å². The van der Waals surface area contributed by atoms with Crippen LogP contribution in [0.1, 0.15) is 24.5 Å². The molecule has 3 heteroatoms. The molecular formula is C17H16Cl2Zr. The van der Waals surface area contributed by atoms with Crippen LogP contribution in [0.4, 0.5) is 0 Å². The van der Waals surface area contributed by atoms with Crippen molar-refractivity contribution in [3.63, 3.8) is 0 Å². The second kappa shape index (κ2) is 8.18. The van der Waals surface area contributed by atoms with E-state index in [1.807, 2.05) is 0 Å². The minimum atomic E-state index is -0.826. The van der Waals surface area contributed by atoms with E-state index >= 15 is 0 Å². The fraction of sp³-hybridized carbons (Fsp3) is 0.176. The summed E-state index contributed by atoms with van der Waals surface area (Å²) in [6, 6.07) is 17.3. The molecule has 0 nitrogen and oxygen atoms in total. The van der Waals surface area contributed by atoms with Crippen LogP contribution in [0.25, 0.3) is 17.2 Å². The van der Waals surface area contributed by atoms with E-state index in [9.17, 15) is 0 Å². The van der Waals surface area contributed by atoms with Gasteiger partial charge in [-0.25, -0.2) is 0 Å². The maximum atomic E-state index is 4.93. The molecule has 0 heterocycles. The molecule has 0 radical (unpaired) electrons. The zero-order chi connectivity index (χ0) is 14.4. The average Bonchev–Trinajstić information content (AvgIpc) is 2.92. The number of rotatable bonds is 2. The van der Waals surface area contributed by atoms with Crippen LogP contribution in [0.5, 0.6) is 0 Å². The second-order valence-electron chi connectivity index (χ2n) is 4.65. The Balaban J connectivity index is 0.000000452. The van der Waals surface area contributed by atoms with Crippen molar-refractivity contribution in [2.24, 2.45) is 0 Å². The number of allylic oxidation sites excluding steroid dienone is 1. The summed E-state index contributed by atoms with van der Waals surface area (Å²) >= 11 is -0.826. The molecule has 1 aliphatic carbocycles. The fourth-order valence-electron chi connectivity index (χ4n) is 2.53. The first-order valence-electron chi connectivity index (χ1n) is 6.63. The summed E-state index contributed by atoms with van der Waals surface area (Å²) in [4.78, 5) is 0. The molecule has 20 heavy (non-hydrogen) atoms. The monoisotopic (exact) mass is 380 g/mol. The Kier molecular flexibility index (Phi) is 6.55. The zero-order valence-corrected chi connectivity index (χ0v) is 15.3. The first-order valence-corrected chi connectivity index (χ1v) is 13.0. The third kappa shape index (κ3) is 3.85. The zero-order valence-electron chi connectivity index (χ0n) is 11.4. The summed E-state index contributed by atoms with van der Waals surface area (Å²) in [6.07, 6.45) is 4.66. The van der Waals surface area contributed by atoms with Gasteiger partial charge in [-0.2, -0.15) is 0 Å². The molecule has 0 saturated heterocycles. The van der Waals surface area contributed by atoms with Crippen LogP contribution in [0, 0.1) is 0 Å². The second-order valence-corrected chi connectivity index (χ2v) is 8.38. The molecule has 0 N–H and O–H groups in total. The minimum absolute atomic E-state index is 0.826. The van der Waals surface area contributed by atoms with Crippen molar-refractivity contribution >= 4 is 23.1 Å². The van der Waals surface area contributed by atoms with Crippen LogP contribution in [0.15, 0.2) is 54.1 Å². The normalized spacial score (nSPS) is 12.1. The van der Waals surface area contributed by atoms with Crippen molar-refractivity contribution in [1.82, 2.24) is 0 Å². The maximum absolute atomic E-state index is 4.93. The van der Waals surface area contributed by atoms with E-state index in [1.54, 1.807) is 5.57 Å². The van der Waals surface area contributed by atoms with Crippen LogP contribution in [0.3, 0.4) is 0 Å². The first kappa shape index (κ1) is 16.0. The van der Waals surface area contributed by atoms with Crippen LogP contribution in [-0.4, -0.2) is 0 Å². The number of halogens is 2. The van der Waals surface area contributed by atoms with Gasteiger partial charge in [-0.15, -0.1) is 0 Å². The van der Waals surface area contributed by atoms with Gasteiger partial charge < -0.3 is 0 Å².